The van der Waals surface area contributed by atoms with Gasteiger partial charge in [0.15, 0.2) is 5.65 Å². The van der Waals surface area contributed by atoms with Crippen LogP contribution in [0.2, 0.25) is 0 Å². The number of pyridine rings is 1. The van der Waals surface area contributed by atoms with Gasteiger partial charge in [0.25, 0.3) is 5.91 Å². The van der Waals surface area contributed by atoms with E-state index >= 15 is 0 Å². The molecular formula is C19H19FN6O3. The number of ether oxygens (including phenoxy) is 2. The van der Waals surface area contributed by atoms with Gasteiger partial charge in [-0.15, -0.1) is 0 Å². The van der Waals surface area contributed by atoms with E-state index in [1.54, 1.807) is 10.7 Å². The van der Waals surface area contributed by atoms with Gasteiger partial charge < -0.3 is 19.7 Å². The van der Waals surface area contributed by atoms with E-state index in [-0.39, 0.29) is 24.6 Å². The first-order valence-electron chi connectivity index (χ1n) is 9.39. The number of aromatic nitrogens is 4. The van der Waals surface area contributed by atoms with Crippen molar-refractivity contribution >= 4 is 17.4 Å². The Bertz CT molecular complexity index is 1090. The molecule has 3 aromatic rings. The van der Waals surface area contributed by atoms with Crippen LogP contribution in [-0.4, -0.2) is 57.9 Å². The van der Waals surface area contributed by atoms with E-state index < -0.39 is 5.82 Å². The lowest BCUT2D eigenvalue weighted by Gasteiger charge is -2.37. The van der Waals surface area contributed by atoms with E-state index in [0.717, 1.165) is 6.20 Å². The molecule has 3 aromatic heterocycles. The molecule has 29 heavy (non-hydrogen) atoms. The molecule has 5 heterocycles. The van der Waals surface area contributed by atoms with Crippen LogP contribution in [0.15, 0.2) is 30.7 Å². The average Bonchev–Trinajstić information content (AvgIpc) is 3.16. The molecule has 2 atom stereocenters. The van der Waals surface area contributed by atoms with E-state index in [9.17, 15) is 9.18 Å². The Kier molecular flexibility index (Phi) is 4.27. The van der Waals surface area contributed by atoms with Crippen LogP contribution in [0.4, 0.5) is 10.2 Å². The lowest BCUT2D eigenvalue weighted by atomic mass is 10.1. The molecule has 5 rings (SSSR count). The first kappa shape index (κ1) is 17.8. The highest BCUT2D eigenvalue weighted by Gasteiger charge is 2.31. The molecular weight excluding hydrogens is 379 g/mol. The molecule has 10 heteroatoms. The summed E-state index contributed by atoms with van der Waals surface area (Å²) >= 11 is 0. The van der Waals surface area contributed by atoms with E-state index in [2.05, 4.69) is 20.4 Å². The van der Waals surface area contributed by atoms with Gasteiger partial charge in [-0.2, -0.15) is 5.10 Å². The molecule has 150 valence electrons. The van der Waals surface area contributed by atoms with Crippen LogP contribution in [0.25, 0.3) is 5.65 Å². The highest BCUT2D eigenvalue weighted by Crippen LogP contribution is 2.34. The number of nitrogens with one attached hydrogen (secondary N) is 1. The minimum atomic E-state index is -0.454. The lowest BCUT2D eigenvalue weighted by Crippen LogP contribution is -2.40. The molecule has 1 saturated heterocycles. The molecule has 1 N–H and O–H groups in total. The van der Waals surface area contributed by atoms with Crippen molar-refractivity contribution in [2.75, 3.05) is 31.2 Å². The Hall–Kier alpha value is -3.27. The maximum absolute atomic E-state index is 14.1. The summed E-state index contributed by atoms with van der Waals surface area (Å²) in [6, 6.07) is 2.90. The number of hydrogen-bond donors (Lipinski definition) is 1. The normalized spacial score (nSPS) is 22.0. The number of halogens is 1. The summed E-state index contributed by atoms with van der Waals surface area (Å²) in [5.41, 5.74) is 1.41. The number of rotatable bonds is 0. The maximum atomic E-state index is 14.1. The van der Waals surface area contributed by atoms with Gasteiger partial charge >= 0.3 is 0 Å². The number of carbonyl (C=O) groups excluding carboxylic acids is 1. The van der Waals surface area contributed by atoms with E-state index in [4.69, 9.17) is 9.47 Å². The van der Waals surface area contributed by atoms with Gasteiger partial charge in [0.2, 0.25) is 5.88 Å². The van der Waals surface area contributed by atoms with Gasteiger partial charge in [-0.3, -0.25) is 4.79 Å². The van der Waals surface area contributed by atoms with Crippen LogP contribution in [0.1, 0.15) is 28.9 Å². The summed E-state index contributed by atoms with van der Waals surface area (Å²) < 4.78 is 27.3. The van der Waals surface area contributed by atoms with Crippen LogP contribution in [0, 0.1) is 5.82 Å². The monoisotopic (exact) mass is 398 g/mol. The Morgan fingerprint density at radius 2 is 2.24 bits per heavy atom. The van der Waals surface area contributed by atoms with Crippen molar-refractivity contribution in [1.29, 1.82) is 0 Å². The van der Waals surface area contributed by atoms with Crippen LogP contribution in [0.5, 0.6) is 5.88 Å². The molecule has 2 bridgehead atoms. The summed E-state index contributed by atoms with van der Waals surface area (Å²) in [6.07, 6.45) is 4.00. The van der Waals surface area contributed by atoms with Crippen LogP contribution in [0.3, 0.4) is 0 Å². The zero-order chi connectivity index (χ0) is 20.0. The smallest absolute Gasteiger partial charge is 0.256 e. The number of nitrogens with zero attached hydrogens (tertiary/aromatic N) is 5. The number of fused-ring (bicyclic) bond motifs is 5. The summed E-state index contributed by atoms with van der Waals surface area (Å²) in [5, 5.41) is 7.05. The lowest BCUT2D eigenvalue weighted by molar-refractivity contribution is 0.0903. The van der Waals surface area contributed by atoms with E-state index in [1.807, 2.05) is 17.9 Å². The summed E-state index contributed by atoms with van der Waals surface area (Å²) in [6.45, 7) is 3.46. The third-order valence-corrected chi connectivity index (χ3v) is 5.09. The molecule has 1 fully saturated rings. The van der Waals surface area contributed by atoms with Gasteiger partial charge in [0.05, 0.1) is 38.2 Å². The van der Waals surface area contributed by atoms with E-state index in [1.165, 1.54) is 12.3 Å². The topological polar surface area (TPSA) is 93.9 Å². The minimum absolute atomic E-state index is 0.249. The Balaban J connectivity index is 1.69. The maximum Gasteiger partial charge on any atom is 0.256 e. The first-order chi connectivity index (χ1) is 14.1. The second-order valence-electron chi connectivity index (χ2n) is 7.08. The van der Waals surface area contributed by atoms with Crippen molar-refractivity contribution < 1.29 is 18.7 Å². The fourth-order valence-corrected chi connectivity index (χ4v) is 3.66. The molecule has 0 radical (unpaired) electrons. The Morgan fingerprint density at radius 1 is 1.34 bits per heavy atom. The first-order valence-corrected chi connectivity index (χ1v) is 9.39. The largest absolute Gasteiger partial charge is 0.473 e. The number of amides is 1. The number of hydrogen-bond acceptors (Lipinski definition) is 7. The summed E-state index contributed by atoms with van der Waals surface area (Å²) in [7, 11) is 0. The van der Waals surface area contributed by atoms with Crippen molar-refractivity contribution in [1.82, 2.24) is 24.9 Å². The minimum Gasteiger partial charge on any atom is -0.473 e. The van der Waals surface area contributed by atoms with E-state index in [0.29, 0.717) is 48.2 Å². The van der Waals surface area contributed by atoms with Gasteiger partial charge in [0, 0.05) is 18.3 Å². The number of morpholine rings is 1. The van der Waals surface area contributed by atoms with Crippen LogP contribution < -0.4 is 15.0 Å². The zero-order valence-corrected chi connectivity index (χ0v) is 15.7. The summed E-state index contributed by atoms with van der Waals surface area (Å²) in [5.74, 6) is 0.217. The quantitative estimate of drug-likeness (QED) is 0.611. The highest BCUT2D eigenvalue weighted by molar-refractivity contribution is 5.99. The molecule has 1 amide bonds. The fourth-order valence-electron chi connectivity index (χ4n) is 3.66. The van der Waals surface area contributed by atoms with Crippen molar-refractivity contribution in [2.24, 2.45) is 0 Å². The molecule has 0 spiro atoms. The van der Waals surface area contributed by atoms with Crippen LogP contribution in [-0.2, 0) is 4.74 Å². The van der Waals surface area contributed by atoms with Gasteiger partial charge in [-0.1, -0.05) is 0 Å². The SMILES string of the molecule is C[C@H]1CNC(=O)c2cnn3ccc(nc23)N2CCOC[C@H]2c2cc(F)cnc2O1. The molecule has 0 unspecified atom stereocenters. The van der Waals surface area contributed by atoms with Crippen molar-refractivity contribution in [3.63, 3.8) is 0 Å². The molecule has 9 nitrogen and oxygen atoms in total. The molecule has 2 aliphatic heterocycles. The summed E-state index contributed by atoms with van der Waals surface area (Å²) in [4.78, 5) is 23.5. The third kappa shape index (κ3) is 3.15. The van der Waals surface area contributed by atoms with Gasteiger partial charge in [0.1, 0.15) is 23.3 Å². The zero-order valence-electron chi connectivity index (χ0n) is 15.7. The second-order valence-corrected chi connectivity index (χ2v) is 7.08. The van der Waals surface area contributed by atoms with Crippen LogP contribution >= 0.6 is 0 Å². The predicted molar refractivity (Wildman–Crippen MR) is 101 cm³/mol. The Labute approximate surface area is 165 Å². The van der Waals surface area contributed by atoms with Crippen molar-refractivity contribution in [2.45, 2.75) is 19.1 Å². The fraction of sp³-hybridized carbons (Fsp3) is 0.368. The average molecular weight is 398 g/mol. The number of anilines is 1. The standard InChI is InChI=1S/C19H19FN6O3/c1-11-7-21-18(27)14-9-23-26-3-2-16(24-17(14)26)25-4-5-28-10-15(25)13-6-12(20)8-22-19(13)29-11/h2-3,6,8-9,11,15H,4-5,7,10H2,1H3,(H,21,27)/t11-,15-/m0/s1. The molecule has 2 aliphatic rings. The third-order valence-electron chi connectivity index (χ3n) is 5.09. The van der Waals surface area contributed by atoms with Crippen molar-refractivity contribution in [3.8, 4) is 5.88 Å². The highest BCUT2D eigenvalue weighted by atomic mass is 19.1. The van der Waals surface area contributed by atoms with Crippen molar-refractivity contribution in [3.05, 3.63) is 47.7 Å². The van der Waals surface area contributed by atoms with Gasteiger partial charge in [-0.05, 0) is 19.1 Å². The number of carbonyl (C=O) groups is 1. The Morgan fingerprint density at radius 3 is 3.14 bits per heavy atom. The molecule has 0 aromatic carbocycles. The van der Waals surface area contributed by atoms with Gasteiger partial charge in [-0.25, -0.2) is 18.9 Å². The predicted octanol–water partition coefficient (Wildman–Crippen LogP) is 1.35. The second kappa shape index (κ2) is 6.96. The molecule has 0 aliphatic carbocycles. The molecule has 0 saturated carbocycles.